The Morgan fingerprint density at radius 1 is 1.29 bits per heavy atom. The number of nitrogens with one attached hydrogen (secondary N) is 2. The van der Waals surface area contributed by atoms with E-state index in [0.29, 0.717) is 44.2 Å². The molecule has 0 spiro atoms. The number of ether oxygens (including phenoxy) is 1. The van der Waals surface area contributed by atoms with Crippen molar-refractivity contribution < 1.29 is 13.9 Å². The number of halogens is 1. The molecule has 0 atom stereocenters. The van der Waals surface area contributed by atoms with Crippen LogP contribution in [0, 0.1) is 12.7 Å². The predicted octanol–water partition coefficient (Wildman–Crippen LogP) is 3.35. The van der Waals surface area contributed by atoms with Gasteiger partial charge in [0.2, 0.25) is 0 Å². The third-order valence-electron chi connectivity index (χ3n) is 3.78. The Balaban J connectivity index is 1.56. The van der Waals surface area contributed by atoms with E-state index in [9.17, 15) is 9.18 Å². The first-order valence-corrected chi connectivity index (χ1v) is 8.66. The number of urea groups is 1. The largest absolute Gasteiger partial charge is 0.378 e. The van der Waals surface area contributed by atoms with Crippen LogP contribution < -0.4 is 15.5 Å². The number of nitrogens with zero attached hydrogens (tertiary/aromatic N) is 1. The van der Waals surface area contributed by atoms with E-state index in [4.69, 9.17) is 4.74 Å². The monoisotopic (exact) mass is 349 g/mol. The Kier molecular flexibility index (Phi) is 5.32. The molecule has 1 fully saturated rings. The van der Waals surface area contributed by atoms with Gasteiger partial charge in [-0.25, -0.2) is 9.18 Å². The van der Waals surface area contributed by atoms with Gasteiger partial charge in [0.05, 0.1) is 25.4 Å². The van der Waals surface area contributed by atoms with Gasteiger partial charge < -0.3 is 20.3 Å². The highest BCUT2D eigenvalue weighted by Gasteiger charge is 2.15. The lowest BCUT2D eigenvalue weighted by molar-refractivity contribution is 0.122. The van der Waals surface area contributed by atoms with Gasteiger partial charge in [-0.3, -0.25) is 0 Å². The normalized spacial score (nSPS) is 14.5. The fourth-order valence-corrected chi connectivity index (χ4v) is 3.40. The van der Waals surface area contributed by atoms with Gasteiger partial charge in [-0.2, -0.15) is 0 Å². The fraction of sp³-hybridized carbons (Fsp3) is 0.353. The SMILES string of the molecule is Cc1ccc(CNC(=O)Nc2ccc(N3CCOCC3)c(F)c2)s1. The topological polar surface area (TPSA) is 53.6 Å². The maximum absolute atomic E-state index is 14.3. The molecule has 1 aromatic heterocycles. The Hall–Kier alpha value is -2.12. The third kappa shape index (κ3) is 4.24. The van der Waals surface area contributed by atoms with Crippen molar-refractivity contribution in [2.45, 2.75) is 13.5 Å². The van der Waals surface area contributed by atoms with Crippen molar-refractivity contribution in [3.8, 4) is 0 Å². The number of carbonyl (C=O) groups excluding carboxylic acids is 1. The number of hydrogen-bond donors (Lipinski definition) is 2. The van der Waals surface area contributed by atoms with Crippen molar-refractivity contribution in [3.05, 3.63) is 45.9 Å². The molecule has 1 aromatic carbocycles. The molecule has 2 heterocycles. The summed E-state index contributed by atoms with van der Waals surface area (Å²) in [5.41, 5.74) is 0.975. The van der Waals surface area contributed by atoms with Gasteiger partial charge in [0, 0.05) is 28.5 Å². The van der Waals surface area contributed by atoms with E-state index in [2.05, 4.69) is 10.6 Å². The van der Waals surface area contributed by atoms with Crippen LogP contribution in [-0.2, 0) is 11.3 Å². The second-order valence-corrected chi connectivity index (χ2v) is 6.96. The molecule has 2 N–H and O–H groups in total. The first-order valence-electron chi connectivity index (χ1n) is 7.84. The van der Waals surface area contributed by atoms with Crippen molar-refractivity contribution in [2.24, 2.45) is 0 Å². The van der Waals surface area contributed by atoms with Gasteiger partial charge >= 0.3 is 6.03 Å². The summed E-state index contributed by atoms with van der Waals surface area (Å²) >= 11 is 1.64. The smallest absolute Gasteiger partial charge is 0.319 e. The molecule has 0 saturated carbocycles. The molecule has 0 unspecified atom stereocenters. The molecule has 1 aliphatic heterocycles. The molecule has 1 saturated heterocycles. The Morgan fingerprint density at radius 2 is 2.08 bits per heavy atom. The molecule has 3 rings (SSSR count). The van der Waals surface area contributed by atoms with Crippen LogP contribution in [0.3, 0.4) is 0 Å². The molecule has 7 heteroatoms. The quantitative estimate of drug-likeness (QED) is 0.890. The number of thiophene rings is 1. The van der Waals surface area contributed by atoms with Crippen LogP contribution >= 0.6 is 11.3 Å². The summed E-state index contributed by atoms with van der Waals surface area (Å²) in [5.74, 6) is -0.344. The van der Waals surface area contributed by atoms with E-state index in [1.165, 1.54) is 10.9 Å². The fourth-order valence-electron chi connectivity index (χ4n) is 2.57. The molecular formula is C17H20FN3O2S. The van der Waals surface area contributed by atoms with Crippen LogP contribution in [0.25, 0.3) is 0 Å². The zero-order valence-electron chi connectivity index (χ0n) is 13.5. The lowest BCUT2D eigenvalue weighted by atomic mass is 10.2. The minimum Gasteiger partial charge on any atom is -0.378 e. The van der Waals surface area contributed by atoms with Crippen molar-refractivity contribution in [3.63, 3.8) is 0 Å². The Labute approximate surface area is 144 Å². The summed E-state index contributed by atoms with van der Waals surface area (Å²) in [6, 6.07) is 8.40. The van der Waals surface area contributed by atoms with E-state index in [1.54, 1.807) is 23.5 Å². The van der Waals surface area contributed by atoms with Crippen molar-refractivity contribution in [2.75, 3.05) is 36.5 Å². The zero-order valence-corrected chi connectivity index (χ0v) is 14.3. The maximum atomic E-state index is 14.3. The molecule has 0 bridgehead atoms. The van der Waals surface area contributed by atoms with Gasteiger partial charge in [-0.05, 0) is 37.3 Å². The molecule has 0 aliphatic carbocycles. The number of carbonyl (C=O) groups is 1. The summed E-state index contributed by atoms with van der Waals surface area (Å²) in [7, 11) is 0. The third-order valence-corrected chi connectivity index (χ3v) is 4.78. The molecule has 2 amide bonds. The van der Waals surface area contributed by atoms with E-state index in [1.807, 2.05) is 24.0 Å². The zero-order chi connectivity index (χ0) is 16.9. The first kappa shape index (κ1) is 16.7. The van der Waals surface area contributed by atoms with Crippen LogP contribution in [0.1, 0.15) is 9.75 Å². The van der Waals surface area contributed by atoms with Crippen LogP contribution in [0.2, 0.25) is 0 Å². The van der Waals surface area contributed by atoms with Gasteiger partial charge in [0.1, 0.15) is 5.82 Å². The number of rotatable bonds is 4. The number of aryl methyl sites for hydroxylation is 1. The number of hydrogen-bond acceptors (Lipinski definition) is 4. The van der Waals surface area contributed by atoms with Gasteiger partial charge in [-0.15, -0.1) is 11.3 Å². The molecule has 1 aliphatic rings. The summed E-state index contributed by atoms with van der Waals surface area (Å²) in [4.78, 5) is 16.2. The molecular weight excluding hydrogens is 329 g/mol. The van der Waals surface area contributed by atoms with Crippen molar-refractivity contribution in [1.29, 1.82) is 0 Å². The maximum Gasteiger partial charge on any atom is 0.319 e. The van der Waals surface area contributed by atoms with E-state index >= 15 is 0 Å². The average Bonchev–Trinajstić information content (AvgIpc) is 2.99. The van der Waals surface area contributed by atoms with Crippen LogP contribution in [-0.4, -0.2) is 32.3 Å². The minimum absolute atomic E-state index is 0.344. The van der Waals surface area contributed by atoms with Gasteiger partial charge in [0.15, 0.2) is 0 Å². The Bertz CT molecular complexity index is 714. The molecule has 2 aromatic rings. The summed E-state index contributed by atoms with van der Waals surface area (Å²) < 4.78 is 19.6. The summed E-state index contributed by atoms with van der Waals surface area (Å²) in [5, 5.41) is 5.43. The highest BCUT2D eigenvalue weighted by Crippen LogP contribution is 2.23. The van der Waals surface area contributed by atoms with Gasteiger partial charge in [-0.1, -0.05) is 0 Å². The average molecular weight is 349 g/mol. The number of morpholine rings is 1. The standard InChI is InChI=1S/C17H20FN3O2S/c1-12-2-4-14(24-12)11-19-17(22)20-13-3-5-16(15(18)10-13)21-6-8-23-9-7-21/h2-5,10H,6-9,11H2,1H3,(H2,19,20,22). The second kappa shape index (κ2) is 7.63. The Morgan fingerprint density at radius 3 is 2.75 bits per heavy atom. The lowest BCUT2D eigenvalue weighted by Crippen LogP contribution is -2.36. The first-order chi connectivity index (χ1) is 11.6. The van der Waals surface area contributed by atoms with Crippen LogP contribution in [0.5, 0.6) is 0 Å². The lowest BCUT2D eigenvalue weighted by Gasteiger charge is -2.29. The predicted molar refractivity (Wildman–Crippen MR) is 94.3 cm³/mol. The molecule has 5 nitrogen and oxygen atoms in total. The summed E-state index contributed by atoms with van der Waals surface area (Å²) in [6.45, 7) is 5.02. The molecule has 0 radical (unpaired) electrons. The van der Waals surface area contributed by atoms with Gasteiger partial charge in [0.25, 0.3) is 0 Å². The molecule has 128 valence electrons. The second-order valence-electron chi connectivity index (χ2n) is 5.59. The van der Waals surface area contributed by atoms with E-state index < -0.39 is 0 Å². The highest BCUT2D eigenvalue weighted by atomic mass is 32.1. The highest BCUT2D eigenvalue weighted by molar-refractivity contribution is 7.11. The summed E-state index contributed by atoms with van der Waals surface area (Å²) in [6.07, 6.45) is 0. The van der Waals surface area contributed by atoms with Crippen molar-refractivity contribution in [1.82, 2.24) is 5.32 Å². The van der Waals surface area contributed by atoms with E-state index in [0.717, 1.165) is 4.88 Å². The number of anilines is 2. The minimum atomic E-state index is -0.348. The van der Waals surface area contributed by atoms with Crippen LogP contribution in [0.15, 0.2) is 30.3 Å². The number of amides is 2. The molecule has 24 heavy (non-hydrogen) atoms. The number of benzene rings is 1. The van der Waals surface area contributed by atoms with E-state index in [-0.39, 0.29) is 11.8 Å². The van der Waals surface area contributed by atoms with Crippen molar-refractivity contribution >= 4 is 28.7 Å². The van der Waals surface area contributed by atoms with Crippen LogP contribution in [0.4, 0.5) is 20.6 Å².